The van der Waals surface area contributed by atoms with Gasteiger partial charge in [-0.1, -0.05) is 239 Å². The third kappa shape index (κ3) is 32.2. The van der Waals surface area contributed by atoms with Gasteiger partial charge in [-0.2, -0.15) is 0 Å². The molecule has 2 aliphatic rings. The lowest BCUT2D eigenvalue weighted by atomic mass is 9.98. The summed E-state index contributed by atoms with van der Waals surface area (Å²) in [6.45, 7) is 3.77. The summed E-state index contributed by atoms with van der Waals surface area (Å²) in [5, 5.41) is 72.3. The van der Waals surface area contributed by atoms with Crippen LogP contribution in [0.2, 0.25) is 0 Å². The zero-order valence-electron chi connectivity index (χ0n) is 45.2. The van der Waals surface area contributed by atoms with Crippen LogP contribution < -0.4 is 0 Å². The Bertz CT molecular complexity index is 1180. The van der Waals surface area contributed by atoms with Crippen molar-refractivity contribution in [3.8, 4) is 0 Å². The van der Waals surface area contributed by atoms with Crippen LogP contribution in [0, 0.1) is 0 Å². The average molecular weight is 1020 g/mol. The van der Waals surface area contributed by atoms with Crippen LogP contribution in [0.4, 0.5) is 0 Å². The van der Waals surface area contributed by atoms with E-state index in [2.05, 4.69) is 13.8 Å². The number of carbonyl (C=O) groups is 1. The lowest BCUT2D eigenvalue weighted by molar-refractivity contribution is -0.332. The molecule has 14 heteroatoms. The molecule has 0 spiro atoms. The van der Waals surface area contributed by atoms with Crippen LogP contribution in [0.1, 0.15) is 258 Å². The first-order chi connectivity index (χ1) is 34.6. The third-order valence-electron chi connectivity index (χ3n) is 14.6. The summed E-state index contributed by atoms with van der Waals surface area (Å²) in [4.78, 5) is 13.1. The van der Waals surface area contributed by atoms with Gasteiger partial charge in [0.1, 0.15) is 54.9 Å². The topological polar surface area (TPSA) is 214 Å². The number of aliphatic hydroxyl groups is 7. The van der Waals surface area contributed by atoms with Crippen molar-refractivity contribution < 1.29 is 69.0 Å². The first-order valence-electron chi connectivity index (χ1n) is 29.6. The predicted molar refractivity (Wildman–Crippen MR) is 280 cm³/mol. The molecule has 2 aliphatic heterocycles. The summed E-state index contributed by atoms with van der Waals surface area (Å²) < 4.78 is 34.4. The molecule has 11 atom stereocenters. The molecule has 7 N–H and O–H groups in total. The number of rotatable bonds is 49. The largest absolute Gasteiger partial charge is 0.457 e. The molecule has 422 valence electrons. The Labute approximate surface area is 432 Å². The van der Waals surface area contributed by atoms with Gasteiger partial charge in [-0.25, -0.2) is 0 Å². The van der Waals surface area contributed by atoms with Crippen molar-refractivity contribution in [1.82, 2.24) is 0 Å². The average Bonchev–Trinajstić information content (AvgIpc) is 3.37. The van der Waals surface area contributed by atoms with E-state index >= 15 is 0 Å². The quantitative estimate of drug-likeness (QED) is 0.0223. The Morgan fingerprint density at radius 1 is 0.408 bits per heavy atom. The molecule has 2 saturated heterocycles. The SMILES string of the molecule is CCCCCCCCCCCCCCCCCCCCCC(=O)OC(COCCCCCCCCCCCCCCCCCCCC)COC1OC(COC2OC(CO)C(O)C(O)C2O)C(O)C(O)C1O. The summed E-state index contributed by atoms with van der Waals surface area (Å²) in [5.41, 5.74) is 0. The molecule has 0 aliphatic carbocycles. The number of unbranched alkanes of at least 4 members (excludes halogenated alkanes) is 35. The fourth-order valence-electron chi connectivity index (χ4n) is 9.82. The van der Waals surface area contributed by atoms with Crippen molar-refractivity contribution in [3.63, 3.8) is 0 Å². The fraction of sp³-hybridized carbons (Fsp3) is 0.982. The number of hydrogen-bond donors (Lipinski definition) is 7. The minimum Gasteiger partial charge on any atom is -0.457 e. The van der Waals surface area contributed by atoms with Gasteiger partial charge in [0.25, 0.3) is 0 Å². The second-order valence-corrected chi connectivity index (χ2v) is 21.2. The zero-order chi connectivity index (χ0) is 51.6. The maximum atomic E-state index is 13.1. The summed E-state index contributed by atoms with van der Waals surface area (Å²) in [5.74, 6) is -0.367. The highest BCUT2D eigenvalue weighted by atomic mass is 16.7. The number of aliphatic hydroxyl groups excluding tert-OH is 7. The van der Waals surface area contributed by atoms with Crippen LogP contribution in [0.3, 0.4) is 0 Å². The van der Waals surface area contributed by atoms with Gasteiger partial charge in [0.15, 0.2) is 12.6 Å². The molecule has 0 saturated carbocycles. The molecule has 0 radical (unpaired) electrons. The van der Waals surface area contributed by atoms with Crippen molar-refractivity contribution in [2.75, 3.05) is 33.0 Å². The summed E-state index contributed by atoms with van der Waals surface area (Å²) in [7, 11) is 0. The first-order valence-corrected chi connectivity index (χ1v) is 29.6. The van der Waals surface area contributed by atoms with Crippen LogP contribution in [0.5, 0.6) is 0 Å². The molecule has 71 heavy (non-hydrogen) atoms. The Morgan fingerprint density at radius 3 is 1.14 bits per heavy atom. The highest BCUT2D eigenvalue weighted by Crippen LogP contribution is 2.27. The summed E-state index contributed by atoms with van der Waals surface area (Å²) in [6, 6.07) is 0. The molecule has 0 bridgehead atoms. The highest BCUT2D eigenvalue weighted by molar-refractivity contribution is 5.69. The number of carbonyl (C=O) groups excluding carboxylic acids is 1. The Kier molecular flexibility index (Phi) is 42.1. The summed E-state index contributed by atoms with van der Waals surface area (Å²) in [6.07, 6.45) is 31.6. The van der Waals surface area contributed by atoms with Crippen molar-refractivity contribution in [3.05, 3.63) is 0 Å². The van der Waals surface area contributed by atoms with Gasteiger partial charge in [0.05, 0.1) is 26.4 Å². The Balaban J connectivity index is 1.70. The standard InChI is InChI=1S/C57H110O14/c1-3-5-7-9-11-13-15-17-19-21-23-24-26-28-30-32-34-36-38-40-49(59)69-46(43-66-41-39-37-35-33-31-29-27-25-22-20-18-16-14-12-10-8-6-4-2)44-67-56-55(65)53(63)51(61)48(71-56)45-68-57-54(64)52(62)50(60)47(42-58)70-57/h46-48,50-58,60-65H,3-45H2,1-2H3. The van der Waals surface area contributed by atoms with E-state index < -0.39 is 80.7 Å². The molecule has 0 aromatic heterocycles. The second-order valence-electron chi connectivity index (χ2n) is 21.2. The van der Waals surface area contributed by atoms with Gasteiger partial charge in [-0.3, -0.25) is 4.79 Å². The van der Waals surface area contributed by atoms with Crippen molar-refractivity contribution in [2.45, 2.75) is 325 Å². The van der Waals surface area contributed by atoms with E-state index in [-0.39, 0.29) is 25.6 Å². The van der Waals surface area contributed by atoms with E-state index in [1.165, 1.54) is 193 Å². The zero-order valence-corrected chi connectivity index (χ0v) is 45.2. The van der Waals surface area contributed by atoms with Crippen LogP contribution in [-0.2, 0) is 33.2 Å². The minimum atomic E-state index is -1.70. The first kappa shape index (κ1) is 66.1. The Morgan fingerprint density at radius 2 is 0.746 bits per heavy atom. The van der Waals surface area contributed by atoms with Gasteiger partial charge in [-0.05, 0) is 12.8 Å². The van der Waals surface area contributed by atoms with Crippen LogP contribution in [0.25, 0.3) is 0 Å². The van der Waals surface area contributed by atoms with E-state index in [1.807, 2.05) is 0 Å². The normalized spacial score (nSPS) is 25.2. The molecule has 0 amide bonds. The molecule has 2 rings (SSSR count). The van der Waals surface area contributed by atoms with Crippen molar-refractivity contribution in [1.29, 1.82) is 0 Å². The number of hydrogen-bond acceptors (Lipinski definition) is 14. The van der Waals surface area contributed by atoms with Gasteiger partial charge in [-0.15, -0.1) is 0 Å². The van der Waals surface area contributed by atoms with E-state index in [9.17, 15) is 40.5 Å². The van der Waals surface area contributed by atoms with Gasteiger partial charge in [0, 0.05) is 13.0 Å². The lowest BCUT2D eigenvalue weighted by Crippen LogP contribution is -2.61. The van der Waals surface area contributed by atoms with Gasteiger partial charge in [0.2, 0.25) is 0 Å². The molecule has 11 unspecified atom stereocenters. The van der Waals surface area contributed by atoms with Crippen molar-refractivity contribution in [2.24, 2.45) is 0 Å². The number of ether oxygens (including phenoxy) is 6. The number of esters is 1. The third-order valence-corrected chi connectivity index (χ3v) is 14.6. The molecule has 0 aromatic rings. The highest BCUT2D eigenvalue weighted by Gasteiger charge is 2.47. The van der Waals surface area contributed by atoms with Crippen LogP contribution in [-0.4, -0.2) is 142 Å². The monoisotopic (exact) mass is 1020 g/mol. The lowest BCUT2D eigenvalue weighted by Gasteiger charge is -2.42. The van der Waals surface area contributed by atoms with Crippen molar-refractivity contribution >= 4 is 5.97 Å². The minimum absolute atomic E-state index is 0.0710. The maximum Gasteiger partial charge on any atom is 0.306 e. The smallest absolute Gasteiger partial charge is 0.306 e. The second kappa shape index (κ2) is 45.2. The molecule has 14 nitrogen and oxygen atoms in total. The molecule has 2 heterocycles. The Hall–Kier alpha value is -1.01. The predicted octanol–water partition coefficient (Wildman–Crippen LogP) is 10.4. The fourth-order valence-corrected chi connectivity index (χ4v) is 9.82. The summed E-state index contributed by atoms with van der Waals surface area (Å²) >= 11 is 0. The van der Waals surface area contributed by atoms with Gasteiger partial charge < -0.3 is 64.2 Å². The molecular weight excluding hydrogens is 909 g/mol. The van der Waals surface area contributed by atoms with E-state index in [0.717, 1.165) is 44.9 Å². The molecule has 0 aromatic carbocycles. The van der Waals surface area contributed by atoms with Crippen LogP contribution >= 0.6 is 0 Å². The van der Waals surface area contributed by atoms with E-state index in [0.29, 0.717) is 6.61 Å². The van der Waals surface area contributed by atoms with Gasteiger partial charge >= 0.3 is 5.97 Å². The van der Waals surface area contributed by atoms with Crippen LogP contribution in [0.15, 0.2) is 0 Å². The molecular formula is C57H110O14. The van der Waals surface area contributed by atoms with E-state index in [4.69, 9.17) is 28.4 Å². The maximum absolute atomic E-state index is 13.1. The molecule has 2 fully saturated rings. The van der Waals surface area contributed by atoms with E-state index in [1.54, 1.807) is 0 Å².